The Labute approximate surface area is 186 Å². The Hall–Kier alpha value is -4.19. The van der Waals surface area contributed by atoms with E-state index in [1.165, 1.54) is 6.20 Å². The van der Waals surface area contributed by atoms with Crippen molar-refractivity contribution in [3.05, 3.63) is 108 Å². The van der Waals surface area contributed by atoms with Crippen LogP contribution in [-0.4, -0.2) is 22.8 Å². The van der Waals surface area contributed by atoms with Crippen molar-refractivity contribution in [3.63, 3.8) is 0 Å². The maximum absolute atomic E-state index is 12.7. The lowest BCUT2D eigenvalue weighted by Gasteiger charge is -2.16. The Kier molecular flexibility index (Phi) is 6.41. The highest BCUT2D eigenvalue weighted by Crippen LogP contribution is 2.16. The van der Waals surface area contributed by atoms with Gasteiger partial charge in [-0.15, -0.1) is 0 Å². The summed E-state index contributed by atoms with van der Waals surface area (Å²) in [5.41, 5.74) is 8.66. The van der Waals surface area contributed by atoms with Crippen LogP contribution in [0.1, 0.15) is 21.5 Å². The number of hydrogen-bond donors (Lipinski definition) is 2. The largest absolute Gasteiger partial charge is 0.489 e. The molecule has 0 unspecified atom stereocenters. The van der Waals surface area contributed by atoms with Gasteiger partial charge in [-0.2, -0.15) is 0 Å². The number of aromatic nitrogens is 1. The molecule has 0 spiro atoms. The van der Waals surface area contributed by atoms with E-state index in [0.717, 1.165) is 27.8 Å². The average Bonchev–Trinajstić information content (AvgIpc) is 2.83. The van der Waals surface area contributed by atoms with Crippen molar-refractivity contribution >= 4 is 22.7 Å². The molecule has 4 rings (SSSR count). The minimum Gasteiger partial charge on any atom is -0.489 e. The lowest BCUT2D eigenvalue weighted by atomic mass is 10.0. The molecule has 0 bridgehead atoms. The van der Waals surface area contributed by atoms with E-state index in [-0.39, 0.29) is 6.42 Å². The quantitative estimate of drug-likeness (QED) is 0.451. The maximum Gasteiger partial charge on any atom is 0.253 e. The lowest BCUT2D eigenvalue weighted by molar-refractivity contribution is -0.119. The van der Waals surface area contributed by atoms with E-state index >= 15 is 0 Å². The fraction of sp³-hybridized carbons (Fsp3) is 0.115. The monoisotopic (exact) mass is 425 g/mol. The third kappa shape index (κ3) is 5.29. The number of pyridine rings is 1. The molecule has 2 amide bonds. The van der Waals surface area contributed by atoms with E-state index in [2.05, 4.69) is 10.3 Å². The first kappa shape index (κ1) is 21.1. The van der Waals surface area contributed by atoms with E-state index in [4.69, 9.17) is 10.5 Å². The van der Waals surface area contributed by atoms with Crippen molar-refractivity contribution in [3.8, 4) is 5.75 Å². The molecule has 32 heavy (non-hydrogen) atoms. The number of nitrogens with two attached hydrogens (primary N) is 1. The number of rotatable bonds is 8. The summed E-state index contributed by atoms with van der Waals surface area (Å²) < 4.78 is 5.79. The molecule has 6 nitrogen and oxygen atoms in total. The van der Waals surface area contributed by atoms with Crippen molar-refractivity contribution in [2.45, 2.75) is 19.1 Å². The summed E-state index contributed by atoms with van der Waals surface area (Å²) in [5, 5.41) is 3.57. The number of fused-ring (bicyclic) bond motifs is 1. The minimum atomic E-state index is -0.843. The van der Waals surface area contributed by atoms with Gasteiger partial charge < -0.3 is 15.8 Å². The van der Waals surface area contributed by atoms with Crippen LogP contribution in [-0.2, 0) is 17.8 Å². The minimum absolute atomic E-state index is 0.279. The van der Waals surface area contributed by atoms with Gasteiger partial charge in [0.05, 0.1) is 11.1 Å². The standard InChI is InChI=1S/C26H23N3O3/c27-25(30)24(29-26(31)21-15-20-8-4-5-9-23(20)28-16-21)14-18-10-12-22(13-11-18)32-17-19-6-2-1-3-7-19/h1-13,15-16,24H,14,17H2,(H2,27,30)(H,29,31)/t24-/m0/s1. The van der Waals surface area contributed by atoms with Crippen molar-refractivity contribution in [1.82, 2.24) is 10.3 Å². The summed E-state index contributed by atoms with van der Waals surface area (Å²) in [5.74, 6) is -0.272. The van der Waals surface area contributed by atoms with Gasteiger partial charge in [-0.1, -0.05) is 60.7 Å². The Morgan fingerprint density at radius 1 is 0.906 bits per heavy atom. The summed E-state index contributed by atoms with van der Waals surface area (Å²) in [7, 11) is 0. The molecule has 3 N–H and O–H groups in total. The number of para-hydroxylation sites is 1. The first-order chi connectivity index (χ1) is 15.6. The summed E-state index contributed by atoms with van der Waals surface area (Å²) in [6.45, 7) is 0.472. The smallest absolute Gasteiger partial charge is 0.253 e. The number of carbonyl (C=O) groups excluding carboxylic acids is 2. The molecule has 1 heterocycles. The summed E-state index contributed by atoms with van der Waals surface area (Å²) in [6.07, 6.45) is 1.77. The predicted molar refractivity (Wildman–Crippen MR) is 123 cm³/mol. The number of carbonyl (C=O) groups is 2. The van der Waals surface area contributed by atoms with Gasteiger partial charge in [-0.3, -0.25) is 14.6 Å². The molecular weight excluding hydrogens is 402 g/mol. The number of ether oxygens (including phenoxy) is 1. The highest BCUT2D eigenvalue weighted by molar-refractivity contribution is 5.99. The zero-order valence-corrected chi connectivity index (χ0v) is 17.4. The summed E-state index contributed by atoms with van der Waals surface area (Å²) in [6, 6.07) is 25.7. The van der Waals surface area contributed by atoms with Gasteiger partial charge >= 0.3 is 0 Å². The molecule has 4 aromatic rings. The summed E-state index contributed by atoms with van der Waals surface area (Å²) >= 11 is 0. The normalized spacial score (nSPS) is 11.6. The van der Waals surface area contributed by atoms with E-state index in [9.17, 15) is 9.59 Å². The molecule has 0 saturated carbocycles. The second-order valence-electron chi connectivity index (χ2n) is 7.47. The first-order valence-electron chi connectivity index (χ1n) is 10.3. The number of amides is 2. The van der Waals surface area contributed by atoms with Crippen molar-refractivity contribution in [1.29, 1.82) is 0 Å². The Morgan fingerprint density at radius 2 is 1.62 bits per heavy atom. The van der Waals surface area contributed by atoms with Crippen LogP contribution in [0.4, 0.5) is 0 Å². The third-order valence-corrected chi connectivity index (χ3v) is 5.11. The van der Waals surface area contributed by atoms with Crippen LogP contribution in [0.5, 0.6) is 5.75 Å². The zero-order valence-electron chi connectivity index (χ0n) is 17.4. The predicted octanol–water partition coefficient (Wildman–Crippen LogP) is 3.64. The Bertz CT molecular complexity index is 1220. The fourth-order valence-electron chi connectivity index (χ4n) is 3.36. The molecule has 0 aliphatic carbocycles. The molecule has 1 atom stereocenters. The highest BCUT2D eigenvalue weighted by Gasteiger charge is 2.20. The molecule has 3 aromatic carbocycles. The maximum atomic E-state index is 12.7. The highest BCUT2D eigenvalue weighted by atomic mass is 16.5. The number of nitrogens with one attached hydrogen (secondary N) is 1. The van der Waals surface area contributed by atoms with Crippen molar-refractivity contribution < 1.29 is 14.3 Å². The van der Waals surface area contributed by atoms with E-state index in [1.54, 1.807) is 6.07 Å². The van der Waals surface area contributed by atoms with Crippen LogP contribution in [0.25, 0.3) is 10.9 Å². The van der Waals surface area contributed by atoms with E-state index in [1.807, 2.05) is 78.9 Å². The number of hydrogen-bond acceptors (Lipinski definition) is 4. The van der Waals surface area contributed by atoms with Gasteiger partial charge in [0.25, 0.3) is 5.91 Å². The number of primary amides is 1. The molecule has 6 heteroatoms. The second-order valence-corrected chi connectivity index (χ2v) is 7.47. The van der Waals surface area contributed by atoms with E-state index < -0.39 is 17.9 Å². The topological polar surface area (TPSA) is 94.3 Å². The molecule has 160 valence electrons. The van der Waals surface area contributed by atoms with Gasteiger partial charge in [0.1, 0.15) is 18.4 Å². The summed E-state index contributed by atoms with van der Waals surface area (Å²) in [4.78, 5) is 29.0. The van der Waals surface area contributed by atoms with Gasteiger partial charge in [0, 0.05) is 18.0 Å². The van der Waals surface area contributed by atoms with Gasteiger partial charge in [-0.05, 0) is 35.4 Å². The van der Waals surface area contributed by atoms with Crippen LogP contribution < -0.4 is 15.8 Å². The lowest BCUT2D eigenvalue weighted by Crippen LogP contribution is -2.45. The average molecular weight is 425 g/mol. The van der Waals surface area contributed by atoms with Crippen LogP contribution >= 0.6 is 0 Å². The molecule has 1 aromatic heterocycles. The van der Waals surface area contributed by atoms with Gasteiger partial charge in [-0.25, -0.2) is 0 Å². The van der Waals surface area contributed by atoms with Gasteiger partial charge in [0.15, 0.2) is 0 Å². The molecule has 0 saturated heterocycles. The molecule has 0 aliphatic heterocycles. The molecular formula is C26H23N3O3. The van der Waals surface area contributed by atoms with Crippen molar-refractivity contribution in [2.24, 2.45) is 5.73 Å². The SMILES string of the molecule is NC(=O)[C@H](Cc1ccc(OCc2ccccc2)cc1)NC(=O)c1cnc2ccccc2c1. The zero-order chi connectivity index (χ0) is 22.3. The third-order valence-electron chi connectivity index (χ3n) is 5.11. The van der Waals surface area contributed by atoms with Crippen LogP contribution in [0, 0.1) is 0 Å². The van der Waals surface area contributed by atoms with Crippen LogP contribution in [0.2, 0.25) is 0 Å². The number of benzene rings is 3. The number of nitrogens with zero attached hydrogens (tertiary/aromatic N) is 1. The van der Waals surface area contributed by atoms with Crippen molar-refractivity contribution in [2.75, 3.05) is 0 Å². The fourth-order valence-corrected chi connectivity index (χ4v) is 3.36. The molecule has 0 aliphatic rings. The second kappa shape index (κ2) is 9.75. The Balaban J connectivity index is 1.39. The molecule has 0 radical (unpaired) electrons. The molecule has 0 fully saturated rings. The van der Waals surface area contributed by atoms with Gasteiger partial charge in [0.2, 0.25) is 5.91 Å². The first-order valence-corrected chi connectivity index (χ1v) is 10.3. The Morgan fingerprint density at radius 3 is 2.38 bits per heavy atom. The van der Waals surface area contributed by atoms with E-state index in [0.29, 0.717) is 12.2 Å². The van der Waals surface area contributed by atoms with Crippen LogP contribution in [0.15, 0.2) is 91.1 Å². The van der Waals surface area contributed by atoms with Crippen LogP contribution in [0.3, 0.4) is 0 Å².